The van der Waals surface area contributed by atoms with Gasteiger partial charge in [-0.15, -0.1) is 0 Å². The Morgan fingerprint density at radius 1 is 0.731 bits per heavy atom. The van der Waals surface area contributed by atoms with Gasteiger partial charge in [-0.1, -0.05) is 0 Å². The first-order valence-corrected chi connectivity index (χ1v) is 7.34. The molecule has 6 atom stereocenters. The number of azo groups is 1. The van der Waals surface area contributed by atoms with Crippen LogP contribution in [0.4, 0.5) is 26.3 Å². The topological polar surface area (TPSA) is 70.9 Å². The molecule has 0 unspecified atom stereocenters. The summed E-state index contributed by atoms with van der Waals surface area (Å²) in [5.74, 6) is -7.23. The molecule has 0 spiro atoms. The number of halogens is 6. The molecule has 2 fully saturated rings. The molecule has 1 saturated carbocycles. The summed E-state index contributed by atoms with van der Waals surface area (Å²) in [6.07, 6.45) is -14.0. The van der Waals surface area contributed by atoms with Gasteiger partial charge in [-0.05, 0) is 0 Å². The maximum Gasteiger partial charge on any atom is 0.421 e. The van der Waals surface area contributed by atoms with Crippen molar-refractivity contribution in [1.82, 2.24) is 0 Å². The number of alkyl halides is 6. The van der Waals surface area contributed by atoms with E-state index in [0.717, 1.165) is 14.2 Å². The van der Waals surface area contributed by atoms with Crippen molar-refractivity contribution >= 4 is 0 Å². The van der Waals surface area contributed by atoms with Gasteiger partial charge < -0.3 is 23.7 Å². The minimum absolute atomic E-state index is 0.687. The average Bonchev–Trinajstić information content (AvgIpc) is 3.15. The highest BCUT2D eigenvalue weighted by molar-refractivity contribution is 5.37. The zero-order valence-electron chi connectivity index (χ0n) is 14.0. The minimum Gasteiger partial charge on any atom is -0.355 e. The van der Waals surface area contributed by atoms with Gasteiger partial charge in [-0.2, -0.15) is 36.6 Å². The van der Waals surface area contributed by atoms with Crippen LogP contribution >= 0.6 is 0 Å². The number of fused-ring (bicyclic) bond motifs is 5. The van der Waals surface area contributed by atoms with Gasteiger partial charge in [0, 0.05) is 28.4 Å². The molecular weight excluding hydrogens is 378 g/mol. The molecule has 3 aliphatic rings. The molecule has 7 nitrogen and oxygen atoms in total. The van der Waals surface area contributed by atoms with Crippen LogP contribution in [0.1, 0.15) is 0 Å². The minimum atomic E-state index is -5.32. The summed E-state index contributed by atoms with van der Waals surface area (Å²) in [5.41, 5.74) is -7.00. The Kier molecular flexibility index (Phi) is 4.18. The van der Waals surface area contributed by atoms with Gasteiger partial charge in [-0.25, -0.2) is 0 Å². The van der Waals surface area contributed by atoms with E-state index in [4.69, 9.17) is 23.7 Å². The molecule has 0 aromatic rings. The van der Waals surface area contributed by atoms with E-state index in [2.05, 4.69) is 10.2 Å². The predicted octanol–water partition coefficient (Wildman–Crippen LogP) is 2.26. The molecule has 0 aromatic carbocycles. The number of hydrogen-bond donors (Lipinski definition) is 0. The van der Waals surface area contributed by atoms with Crippen LogP contribution in [0, 0.1) is 11.8 Å². The Balaban J connectivity index is 2.40. The lowest BCUT2D eigenvalue weighted by Gasteiger charge is -2.45. The standard InChI is InChI=1S/C13H16F6N2O5/c1-22-7-5-6(8(23-2)26-7)10(13(17,18)19)11(24-3,25-4)9(5,20-21-10)12(14,15)16/h5-8H,1-4H3/t5-,6+,7-,8+,9+,10-. The van der Waals surface area contributed by atoms with Crippen molar-refractivity contribution in [2.75, 3.05) is 28.4 Å². The van der Waals surface area contributed by atoms with Gasteiger partial charge in [-0.3, -0.25) is 0 Å². The van der Waals surface area contributed by atoms with E-state index in [-0.39, 0.29) is 0 Å². The van der Waals surface area contributed by atoms with Gasteiger partial charge in [0.25, 0.3) is 0 Å². The fourth-order valence-corrected chi connectivity index (χ4v) is 4.68. The molecule has 0 N–H and O–H groups in total. The molecule has 150 valence electrons. The van der Waals surface area contributed by atoms with E-state index in [1.807, 2.05) is 0 Å². The zero-order valence-corrected chi connectivity index (χ0v) is 14.0. The van der Waals surface area contributed by atoms with Crippen LogP contribution in [-0.4, -0.2) is 70.2 Å². The number of ether oxygens (including phenoxy) is 5. The fourth-order valence-electron chi connectivity index (χ4n) is 4.68. The van der Waals surface area contributed by atoms with Crippen LogP contribution in [0.5, 0.6) is 0 Å². The highest BCUT2D eigenvalue weighted by Gasteiger charge is 2.99. The van der Waals surface area contributed by atoms with Crippen LogP contribution in [-0.2, 0) is 23.7 Å². The average molecular weight is 394 g/mol. The third-order valence-electron chi connectivity index (χ3n) is 5.48. The first-order valence-electron chi connectivity index (χ1n) is 7.34. The summed E-state index contributed by atoms with van der Waals surface area (Å²) >= 11 is 0. The van der Waals surface area contributed by atoms with Crippen LogP contribution in [0.25, 0.3) is 0 Å². The Morgan fingerprint density at radius 3 is 1.31 bits per heavy atom. The Labute approximate surface area is 143 Å². The lowest BCUT2D eigenvalue weighted by molar-refractivity contribution is -0.367. The smallest absolute Gasteiger partial charge is 0.355 e. The van der Waals surface area contributed by atoms with Gasteiger partial charge in [0.05, 0.1) is 11.8 Å². The third-order valence-corrected chi connectivity index (χ3v) is 5.48. The fraction of sp³-hybridized carbons (Fsp3) is 1.00. The van der Waals surface area contributed by atoms with E-state index in [1.54, 1.807) is 0 Å². The summed E-state index contributed by atoms with van der Waals surface area (Å²) in [6, 6.07) is 0. The molecule has 1 saturated heterocycles. The predicted molar refractivity (Wildman–Crippen MR) is 68.8 cm³/mol. The van der Waals surface area contributed by atoms with Gasteiger partial charge >= 0.3 is 12.4 Å². The van der Waals surface area contributed by atoms with Crippen molar-refractivity contribution < 1.29 is 50.0 Å². The van der Waals surface area contributed by atoms with Gasteiger partial charge in [0.2, 0.25) is 16.9 Å². The normalized spacial score (nSPS) is 43.9. The lowest BCUT2D eigenvalue weighted by Crippen LogP contribution is -2.71. The molecule has 26 heavy (non-hydrogen) atoms. The van der Waals surface area contributed by atoms with Gasteiger partial charge in [0.15, 0.2) is 12.6 Å². The van der Waals surface area contributed by atoms with Crippen LogP contribution in [0.15, 0.2) is 10.2 Å². The summed E-state index contributed by atoms with van der Waals surface area (Å²) in [5, 5.41) is 6.13. The monoisotopic (exact) mass is 394 g/mol. The molecule has 3 rings (SSSR count). The second-order valence-electron chi connectivity index (χ2n) is 6.15. The zero-order chi connectivity index (χ0) is 19.8. The highest BCUT2D eigenvalue weighted by atomic mass is 19.4. The van der Waals surface area contributed by atoms with Crippen LogP contribution < -0.4 is 0 Å². The summed E-state index contributed by atoms with van der Waals surface area (Å²) < 4.78 is 110. The Bertz CT molecular complexity index is 563. The molecular formula is C13H16F6N2O5. The number of nitrogens with zero attached hydrogens (tertiary/aromatic N) is 2. The molecule has 0 aromatic heterocycles. The van der Waals surface area contributed by atoms with Crippen molar-refractivity contribution in [3.05, 3.63) is 0 Å². The summed E-state index contributed by atoms with van der Waals surface area (Å²) in [6.45, 7) is 0. The second-order valence-corrected chi connectivity index (χ2v) is 6.15. The second kappa shape index (κ2) is 5.50. The van der Waals surface area contributed by atoms with Crippen molar-refractivity contribution in [1.29, 1.82) is 0 Å². The van der Waals surface area contributed by atoms with Gasteiger partial charge in [0.1, 0.15) is 0 Å². The van der Waals surface area contributed by atoms with Crippen LogP contribution in [0.2, 0.25) is 0 Å². The largest absolute Gasteiger partial charge is 0.421 e. The van der Waals surface area contributed by atoms with E-state index < -0.39 is 53.6 Å². The molecule has 0 radical (unpaired) electrons. The molecule has 0 amide bonds. The molecule has 2 bridgehead atoms. The Hall–Kier alpha value is -1.02. The van der Waals surface area contributed by atoms with E-state index in [0.29, 0.717) is 14.2 Å². The van der Waals surface area contributed by atoms with Crippen LogP contribution in [0.3, 0.4) is 0 Å². The van der Waals surface area contributed by atoms with Crippen molar-refractivity contribution in [2.24, 2.45) is 22.1 Å². The maximum absolute atomic E-state index is 14.2. The van der Waals surface area contributed by atoms with E-state index >= 15 is 0 Å². The van der Waals surface area contributed by atoms with Crippen molar-refractivity contribution in [3.63, 3.8) is 0 Å². The SMILES string of the molecule is CO[C@@H]1O[C@H](OC)[C@@H]2[C@H]1[C@]1(C(F)(F)F)N=N[C@@]2(C(F)(F)F)C1(OC)OC. The molecule has 2 aliphatic heterocycles. The molecule has 13 heteroatoms. The Morgan fingerprint density at radius 2 is 1.08 bits per heavy atom. The first kappa shape index (κ1) is 19.7. The van der Waals surface area contributed by atoms with E-state index in [1.165, 1.54) is 0 Å². The highest BCUT2D eigenvalue weighted by Crippen LogP contribution is 2.75. The summed E-state index contributed by atoms with van der Waals surface area (Å²) in [7, 11) is 3.39. The molecule has 2 heterocycles. The number of rotatable bonds is 4. The maximum atomic E-state index is 14.2. The molecule has 1 aliphatic carbocycles. The quantitative estimate of drug-likeness (QED) is 0.541. The van der Waals surface area contributed by atoms with Crippen molar-refractivity contribution in [3.8, 4) is 0 Å². The third kappa shape index (κ3) is 1.74. The number of hydrogen-bond acceptors (Lipinski definition) is 7. The lowest BCUT2D eigenvalue weighted by atomic mass is 9.80. The van der Waals surface area contributed by atoms with E-state index in [9.17, 15) is 26.3 Å². The number of methoxy groups -OCH3 is 4. The summed E-state index contributed by atoms with van der Waals surface area (Å²) in [4.78, 5) is 0. The first-order chi connectivity index (χ1) is 12.0. The van der Waals surface area contributed by atoms with Crippen molar-refractivity contribution in [2.45, 2.75) is 41.8 Å².